The van der Waals surface area contributed by atoms with Crippen molar-refractivity contribution in [2.75, 3.05) is 0 Å². The van der Waals surface area contributed by atoms with Crippen molar-refractivity contribution in [2.45, 2.75) is 38.1 Å². The summed E-state index contributed by atoms with van der Waals surface area (Å²) in [5.41, 5.74) is 1.25. The molecule has 0 heterocycles. The van der Waals surface area contributed by atoms with Crippen LogP contribution >= 0.6 is 22.6 Å². The Morgan fingerprint density at radius 1 is 1.13 bits per heavy atom. The minimum Gasteiger partial charge on any atom is -0.289 e. The molecular weight excluding hydrogens is 297 g/mol. The maximum absolute atomic E-state index is 4.68. The highest BCUT2D eigenvalue weighted by atomic mass is 127. The van der Waals surface area contributed by atoms with Crippen LogP contribution in [0.4, 0.5) is 0 Å². The van der Waals surface area contributed by atoms with Gasteiger partial charge in [0.25, 0.3) is 0 Å². The number of halogens is 1. The summed E-state index contributed by atoms with van der Waals surface area (Å²) >= 11 is 2.36. The Morgan fingerprint density at radius 2 is 1.87 bits per heavy atom. The van der Waals surface area contributed by atoms with E-state index in [9.17, 15) is 0 Å². The molecule has 0 amide bonds. The molecule has 0 saturated heterocycles. The van der Waals surface area contributed by atoms with Gasteiger partial charge in [-0.3, -0.25) is 4.99 Å². The van der Waals surface area contributed by atoms with Crippen LogP contribution in [0.5, 0.6) is 0 Å². The number of hydrogen-bond acceptors (Lipinski definition) is 1. The van der Waals surface area contributed by atoms with Gasteiger partial charge in [-0.25, -0.2) is 0 Å². The second kappa shape index (κ2) is 5.64. The topological polar surface area (TPSA) is 12.4 Å². The zero-order chi connectivity index (χ0) is 10.5. The lowest BCUT2D eigenvalue weighted by atomic mass is 9.96. The van der Waals surface area contributed by atoms with Crippen molar-refractivity contribution < 1.29 is 0 Å². The molecule has 0 N–H and O–H groups in total. The van der Waals surface area contributed by atoms with E-state index in [4.69, 9.17) is 0 Å². The van der Waals surface area contributed by atoms with Crippen molar-refractivity contribution in [2.24, 2.45) is 4.99 Å². The molecule has 1 saturated carbocycles. The minimum absolute atomic E-state index is 0.578. The minimum atomic E-state index is 0.578. The van der Waals surface area contributed by atoms with Crippen molar-refractivity contribution >= 4 is 28.8 Å². The summed E-state index contributed by atoms with van der Waals surface area (Å²) in [6, 6.07) is 8.98. The number of rotatable bonds is 2. The van der Waals surface area contributed by atoms with Crippen molar-refractivity contribution in [3.05, 3.63) is 33.4 Å². The Hall–Kier alpha value is -0.380. The molecule has 0 aromatic heterocycles. The molecule has 1 fully saturated rings. The van der Waals surface area contributed by atoms with E-state index < -0.39 is 0 Å². The van der Waals surface area contributed by atoms with Crippen LogP contribution in [0, 0.1) is 3.57 Å². The Morgan fingerprint density at radius 3 is 2.60 bits per heavy atom. The van der Waals surface area contributed by atoms with Crippen molar-refractivity contribution in [1.29, 1.82) is 0 Å². The lowest BCUT2D eigenvalue weighted by Gasteiger charge is -2.17. The van der Waals surface area contributed by atoms with Gasteiger partial charge in [-0.15, -0.1) is 0 Å². The van der Waals surface area contributed by atoms with Crippen LogP contribution in [0.2, 0.25) is 0 Å². The summed E-state index contributed by atoms with van der Waals surface area (Å²) < 4.78 is 1.29. The maximum Gasteiger partial charge on any atom is 0.0499 e. The average Bonchev–Trinajstić information content (AvgIpc) is 2.29. The molecular formula is C13H16IN. The van der Waals surface area contributed by atoms with Crippen LogP contribution in [0.25, 0.3) is 0 Å². The van der Waals surface area contributed by atoms with E-state index in [1.165, 1.54) is 41.2 Å². The smallest absolute Gasteiger partial charge is 0.0499 e. The number of hydrogen-bond donors (Lipinski definition) is 0. The van der Waals surface area contributed by atoms with Gasteiger partial charge in [0.1, 0.15) is 0 Å². The van der Waals surface area contributed by atoms with Crippen molar-refractivity contribution in [1.82, 2.24) is 0 Å². The van der Waals surface area contributed by atoms with Gasteiger partial charge in [-0.2, -0.15) is 0 Å². The third-order valence-corrected chi connectivity index (χ3v) is 3.89. The first-order valence-electron chi connectivity index (χ1n) is 5.64. The Balaban J connectivity index is 2.01. The molecule has 0 spiro atoms. The van der Waals surface area contributed by atoms with Gasteiger partial charge in [-0.05, 0) is 41.5 Å². The highest BCUT2D eigenvalue weighted by molar-refractivity contribution is 14.1. The monoisotopic (exact) mass is 313 g/mol. The molecule has 1 nitrogen and oxygen atoms in total. The van der Waals surface area contributed by atoms with Crippen LogP contribution in [0.3, 0.4) is 0 Å². The van der Waals surface area contributed by atoms with Crippen LogP contribution in [0.15, 0.2) is 29.3 Å². The fraction of sp³-hybridized carbons (Fsp3) is 0.462. The molecule has 0 radical (unpaired) electrons. The third kappa shape index (κ3) is 3.30. The molecule has 1 aromatic rings. The third-order valence-electron chi connectivity index (χ3n) is 2.90. The second-order valence-corrected chi connectivity index (χ2v) is 5.25. The predicted molar refractivity (Wildman–Crippen MR) is 73.6 cm³/mol. The van der Waals surface area contributed by atoms with Gasteiger partial charge in [0.05, 0.1) is 0 Å². The van der Waals surface area contributed by atoms with Gasteiger partial charge in [-0.1, -0.05) is 37.5 Å². The van der Waals surface area contributed by atoms with Crippen LogP contribution < -0.4 is 0 Å². The predicted octanol–water partition coefficient (Wildman–Crippen LogP) is 4.04. The number of nitrogens with zero attached hydrogens (tertiary/aromatic N) is 1. The summed E-state index contributed by atoms with van der Waals surface area (Å²) in [7, 11) is 0. The van der Waals surface area contributed by atoms with Gasteiger partial charge in [0, 0.05) is 21.4 Å². The van der Waals surface area contributed by atoms with Gasteiger partial charge < -0.3 is 0 Å². The zero-order valence-corrected chi connectivity index (χ0v) is 11.0. The molecule has 0 atom stereocenters. The Kier molecular flexibility index (Phi) is 4.18. The lowest BCUT2D eigenvalue weighted by Crippen LogP contribution is -2.09. The van der Waals surface area contributed by atoms with E-state index in [1.807, 2.05) is 0 Å². The average molecular weight is 313 g/mol. The van der Waals surface area contributed by atoms with Crippen LogP contribution in [-0.4, -0.2) is 12.3 Å². The Labute approximate surface area is 105 Å². The van der Waals surface area contributed by atoms with E-state index in [0.29, 0.717) is 6.04 Å². The zero-order valence-electron chi connectivity index (χ0n) is 8.82. The molecule has 1 aromatic carbocycles. The van der Waals surface area contributed by atoms with Crippen molar-refractivity contribution in [3.63, 3.8) is 0 Å². The highest BCUT2D eigenvalue weighted by Gasteiger charge is 2.10. The molecule has 0 bridgehead atoms. The normalized spacial score (nSPS) is 18.5. The number of aliphatic imine (C=N–C) groups is 1. The fourth-order valence-corrected chi connectivity index (χ4v) is 2.52. The van der Waals surface area contributed by atoms with E-state index in [2.05, 4.69) is 58.1 Å². The van der Waals surface area contributed by atoms with Gasteiger partial charge in [0.15, 0.2) is 0 Å². The first kappa shape index (κ1) is 11.1. The summed E-state index contributed by atoms with van der Waals surface area (Å²) in [6.07, 6.45) is 8.72. The van der Waals surface area contributed by atoms with E-state index in [0.717, 1.165) is 0 Å². The van der Waals surface area contributed by atoms with Crippen LogP contribution in [-0.2, 0) is 0 Å². The largest absolute Gasteiger partial charge is 0.289 e. The molecule has 0 unspecified atom stereocenters. The quantitative estimate of drug-likeness (QED) is 0.577. The fourth-order valence-electron chi connectivity index (χ4n) is 2.00. The molecule has 2 heteroatoms. The van der Waals surface area contributed by atoms with E-state index in [-0.39, 0.29) is 0 Å². The summed E-state index contributed by atoms with van der Waals surface area (Å²) in [5.74, 6) is 0. The van der Waals surface area contributed by atoms with E-state index >= 15 is 0 Å². The van der Waals surface area contributed by atoms with Gasteiger partial charge >= 0.3 is 0 Å². The summed E-state index contributed by atoms with van der Waals surface area (Å²) in [4.78, 5) is 4.68. The first-order valence-corrected chi connectivity index (χ1v) is 6.72. The van der Waals surface area contributed by atoms with Crippen molar-refractivity contribution in [3.8, 4) is 0 Å². The summed E-state index contributed by atoms with van der Waals surface area (Å²) in [5, 5.41) is 0. The first-order chi connectivity index (χ1) is 7.36. The maximum atomic E-state index is 4.68. The summed E-state index contributed by atoms with van der Waals surface area (Å²) in [6.45, 7) is 0. The van der Waals surface area contributed by atoms with E-state index in [1.54, 1.807) is 0 Å². The van der Waals surface area contributed by atoms with Gasteiger partial charge in [0.2, 0.25) is 0 Å². The molecule has 15 heavy (non-hydrogen) atoms. The lowest BCUT2D eigenvalue weighted by molar-refractivity contribution is 0.444. The molecule has 0 aliphatic heterocycles. The van der Waals surface area contributed by atoms with Crippen LogP contribution in [0.1, 0.15) is 37.7 Å². The highest BCUT2D eigenvalue weighted by Crippen LogP contribution is 2.20. The Bertz CT molecular complexity index is 340. The molecule has 1 aliphatic carbocycles. The molecule has 2 rings (SSSR count). The standard InChI is InChI=1S/C13H16IN/c14-13-9-5-4-6-11(13)10-15-12-7-2-1-3-8-12/h4-6,9-10,12H,1-3,7-8H2. The molecule has 80 valence electrons. The second-order valence-electron chi connectivity index (χ2n) is 4.09. The SMILES string of the molecule is Ic1ccccc1C=NC1CCCCC1. The molecule has 1 aliphatic rings. The number of benzene rings is 1.